The van der Waals surface area contributed by atoms with Gasteiger partial charge >= 0.3 is 11.9 Å². The van der Waals surface area contributed by atoms with Crippen LogP contribution in [0.2, 0.25) is 0 Å². The predicted molar refractivity (Wildman–Crippen MR) is 148 cm³/mol. The number of rotatable bonds is 8. The number of hydrogen-bond donors (Lipinski definition) is 2. The molecule has 2 N–H and O–H groups in total. The minimum atomic E-state index is -0.756. The zero-order valence-electron chi connectivity index (χ0n) is 21.7. The number of amides is 3. The van der Waals surface area contributed by atoms with E-state index >= 15 is 0 Å². The van der Waals surface area contributed by atoms with Crippen molar-refractivity contribution in [2.75, 3.05) is 22.6 Å². The lowest BCUT2D eigenvalue weighted by Crippen LogP contribution is -2.32. The Hall–Kier alpha value is -4.96. The number of halogens is 1. The first kappa shape index (κ1) is 28.1. The zero-order valence-corrected chi connectivity index (χ0v) is 22.4. The molecule has 1 heterocycles. The second-order valence-electron chi connectivity index (χ2n) is 8.87. The number of imide groups is 1. The SMILES string of the molecule is COC(=O)c1cccc(NC(=O)c2ccc(NC3=C(Cl)C(=O)N(c4cccc(C(=O)OC(C)C)c4)C3=O)cc2)c1. The van der Waals surface area contributed by atoms with Crippen LogP contribution in [0.1, 0.15) is 44.9 Å². The number of methoxy groups -OCH3 is 1. The topological polar surface area (TPSA) is 131 Å². The van der Waals surface area contributed by atoms with Gasteiger partial charge in [0.15, 0.2) is 0 Å². The average Bonchev–Trinajstić information content (AvgIpc) is 3.15. The summed E-state index contributed by atoms with van der Waals surface area (Å²) >= 11 is 6.22. The Kier molecular flexibility index (Phi) is 8.30. The molecule has 3 aromatic carbocycles. The zero-order chi connectivity index (χ0) is 29.0. The fraction of sp³-hybridized carbons (Fsp3) is 0.138. The molecule has 3 amide bonds. The van der Waals surface area contributed by atoms with Crippen molar-refractivity contribution < 1.29 is 33.4 Å². The number of nitrogens with zero attached hydrogens (tertiary/aromatic N) is 1. The normalized spacial score (nSPS) is 13.0. The molecule has 40 heavy (non-hydrogen) atoms. The highest BCUT2D eigenvalue weighted by molar-refractivity contribution is 6.53. The summed E-state index contributed by atoms with van der Waals surface area (Å²) in [7, 11) is 1.27. The third kappa shape index (κ3) is 6.02. The summed E-state index contributed by atoms with van der Waals surface area (Å²) in [4.78, 5) is 63.6. The minimum Gasteiger partial charge on any atom is -0.465 e. The number of ether oxygens (including phenoxy) is 2. The van der Waals surface area contributed by atoms with E-state index in [0.717, 1.165) is 4.90 Å². The van der Waals surface area contributed by atoms with Crippen molar-refractivity contribution in [3.63, 3.8) is 0 Å². The van der Waals surface area contributed by atoms with Crippen LogP contribution in [0.15, 0.2) is 83.5 Å². The largest absolute Gasteiger partial charge is 0.465 e. The Morgan fingerprint density at radius 3 is 2.10 bits per heavy atom. The van der Waals surface area contributed by atoms with Crippen LogP contribution in [0, 0.1) is 0 Å². The van der Waals surface area contributed by atoms with E-state index in [1.165, 1.54) is 49.6 Å². The van der Waals surface area contributed by atoms with E-state index in [4.69, 9.17) is 21.1 Å². The summed E-state index contributed by atoms with van der Waals surface area (Å²) in [5.74, 6) is -3.02. The molecular weight excluding hydrogens is 538 g/mol. The number of esters is 2. The molecule has 0 spiro atoms. The summed E-state index contributed by atoms with van der Waals surface area (Å²) in [6.07, 6.45) is -0.339. The van der Waals surface area contributed by atoms with Gasteiger partial charge < -0.3 is 20.1 Å². The van der Waals surface area contributed by atoms with Crippen LogP contribution in [-0.4, -0.2) is 42.9 Å². The number of benzene rings is 3. The number of anilines is 3. The van der Waals surface area contributed by atoms with E-state index in [2.05, 4.69) is 10.6 Å². The van der Waals surface area contributed by atoms with Crippen molar-refractivity contribution in [1.82, 2.24) is 0 Å². The van der Waals surface area contributed by atoms with Gasteiger partial charge in [0.05, 0.1) is 30.0 Å². The highest BCUT2D eigenvalue weighted by Crippen LogP contribution is 2.31. The Morgan fingerprint density at radius 1 is 0.800 bits per heavy atom. The Morgan fingerprint density at radius 2 is 1.45 bits per heavy atom. The van der Waals surface area contributed by atoms with Gasteiger partial charge in [-0.3, -0.25) is 14.4 Å². The standard InChI is InChI=1S/C29H24ClN3O7/c1-16(2)40-29(38)19-7-5-9-22(15-19)33-26(35)23(30)24(27(33)36)31-20-12-10-17(11-13-20)25(34)32-21-8-4-6-18(14-21)28(37)39-3/h4-16,31H,1-3H3,(H,32,34). The molecule has 0 atom stereocenters. The van der Waals surface area contributed by atoms with Gasteiger partial charge in [0, 0.05) is 16.9 Å². The van der Waals surface area contributed by atoms with Gasteiger partial charge in [0.25, 0.3) is 17.7 Å². The van der Waals surface area contributed by atoms with E-state index in [-0.39, 0.29) is 33.6 Å². The first-order chi connectivity index (χ1) is 19.1. The maximum Gasteiger partial charge on any atom is 0.338 e. The summed E-state index contributed by atoms with van der Waals surface area (Å²) in [5, 5.41) is 5.21. The van der Waals surface area contributed by atoms with Crippen LogP contribution in [-0.2, 0) is 19.1 Å². The van der Waals surface area contributed by atoms with Crippen LogP contribution < -0.4 is 15.5 Å². The first-order valence-electron chi connectivity index (χ1n) is 12.1. The maximum absolute atomic E-state index is 13.2. The molecule has 0 aliphatic carbocycles. The molecule has 3 aromatic rings. The maximum atomic E-state index is 13.2. The van der Waals surface area contributed by atoms with E-state index < -0.39 is 29.7 Å². The van der Waals surface area contributed by atoms with Gasteiger partial charge in [0.1, 0.15) is 10.7 Å². The average molecular weight is 562 g/mol. The number of carbonyl (C=O) groups excluding carboxylic acids is 5. The molecule has 0 saturated heterocycles. The molecule has 204 valence electrons. The first-order valence-corrected chi connectivity index (χ1v) is 12.4. The smallest absolute Gasteiger partial charge is 0.338 e. The monoisotopic (exact) mass is 561 g/mol. The number of carbonyl (C=O) groups is 5. The highest BCUT2D eigenvalue weighted by Gasteiger charge is 2.39. The molecule has 1 aliphatic rings. The quantitative estimate of drug-likeness (QED) is 0.298. The van der Waals surface area contributed by atoms with E-state index in [1.54, 1.807) is 44.2 Å². The van der Waals surface area contributed by atoms with Gasteiger partial charge in [-0.15, -0.1) is 0 Å². The second kappa shape index (κ2) is 11.8. The minimum absolute atomic E-state index is 0.154. The molecule has 11 heteroatoms. The molecule has 0 aromatic heterocycles. The molecule has 0 bridgehead atoms. The molecule has 0 saturated carbocycles. The highest BCUT2D eigenvalue weighted by atomic mass is 35.5. The van der Waals surface area contributed by atoms with Crippen molar-refractivity contribution in [1.29, 1.82) is 0 Å². The lowest BCUT2D eigenvalue weighted by molar-refractivity contribution is -0.120. The predicted octanol–water partition coefficient (Wildman–Crippen LogP) is 4.73. The van der Waals surface area contributed by atoms with Crippen molar-refractivity contribution in [2.45, 2.75) is 20.0 Å². The molecule has 4 rings (SSSR count). The Labute approximate surface area is 234 Å². The van der Waals surface area contributed by atoms with Gasteiger partial charge in [-0.05, 0) is 74.5 Å². The fourth-order valence-electron chi connectivity index (χ4n) is 3.79. The van der Waals surface area contributed by atoms with Gasteiger partial charge in [-0.1, -0.05) is 23.7 Å². The van der Waals surface area contributed by atoms with Gasteiger partial charge in [-0.25, -0.2) is 14.5 Å². The van der Waals surface area contributed by atoms with Crippen LogP contribution in [0.5, 0.6) is 0 Å². The third-order valence-corrected chi connectivity index (χ3v) is 6.02. The fourth-order valence-corrected chi connectivity index (χ4v) is 4.01. The summed E-state index contributed by atoms with van der Waals surface area (Å²) < 4.78 is 9.88. The Bertz CT molecular complexity index is 1550. The van der Waals surface area contributed by atoms with E-state index in [1.807, 2.05) is 0 Å². The van der Waals surface area contributed by atoms with E-state index in [9.17, 15) is 24.0 Å². The molecule has 0 fully saturated rings. The molecular formula is C29H24ClN3O7. The molecule has 1 aliphatic heterocycles. The van der Waals surface area contributed by atoms with Crippen molar-refractivity contribution in [2.24, 2.45) is 0 Å². The molecule has 0 radical (unpaired) electrons. The second-order valence-corrected chi connectivity index (χ2v) is 9.25. The number of nitrogens with one attached hydrogen (secondary N) is 2. The molecule has 0 unspecified atom stereocenters. The summed E-state index contributed by atoms with van der Waals surface area (Å²) in [6.45, 7) is 3.42. The Balaban J connectivity index is 1.46. The van der Waals surface area contributed by atoms with Crippen LogP contribution in [0.3, 0.4) is 0 Å². The lowest BCUT2D eigenvalue weighted by atomic mass is 10.1. The summed E-state index contributed by atoms with van der Waals surface area (Å²) in [5.41, 5.74) is 1.57. The van der Waals surface area contributed by atoms with Crippen molar-refractivity contribution in [3.05, 3.63) is 100 Å². The van der Waals surface area contributed by atoms with Crippen molar-refractivity contribution >= 4 is 58.3 Å². The van der Waals surface area contributed by atoms with E-state index in [0.29, 0.717) is 16.9 Å². The number of hydrogen-bond acceptors (Lipinski definition) is 8. The van der Waals surface area contributed by atoms with Crippen LogP contribution >= 0.6 is 11.6 Å². The van der Waals surface area contributed by atoms with Crippen molar-refractivity contribution in [3.8, 4) is 0 Å². The van der Waals surface area contributed by atoms with Gasteiger partial charge in [-0.2, -0.15) is 0 Å². The van der Waals surface area contributed by atoms with Gasteiger partial charge in [0.2, 0.25) is 0 Å². The summed E-state index contributed by atoms with van der Waals surface area (Å²) in [6, 6.07) is 18.3. The molecule has 10 nitrogen and oxygen atoms in total. The lowest BCUT2D eigenvalue weighted by Gasteiger charge is -2.16. The third-order valence-electron chi connectivity index (χ3n) is 5.67. The van der Waals surface area contributed by atoms with Crippen LogP contribution in [0.4, 0.5) is 17.1 Å². The van der Waals surface area contributed by atoms with Crippen LogP contribution in [0.25, 0.3) is 0 Å².